The molecule has 0 aliphatic carbocycles. The van der Waals surface area contributed by atoms with Crippen molar-refractivity contribution in [2.24, 2.45) is 0 Å². The fourth-order valence-corrected chi connectivity index (χ4v) is 2.94. The van der Waals surface area contributed by atoms with E-state index in [4.69, 9.17) is 4.74 Å². The van der Waals surface area contributed by atoms with Crippen molar-refractivity contribution < 1.29 is 9.53 Å². The molecule has 0 atom stereocenters. The number of fused-ring (bicyclic) bond motifs is 1. The zero-order chi connectivity index (χ0) is 18.0. The van der Waals surface area contributed by atoms with Gasteiger partial charge in [0.15, 0.2) is 0 Å². The highest BCUT2D eigenvalue weighted by Crippen LogP contribution is 2.27. The monoisotopic (exact) mass is 401 g/mol. The third-order valence-corrected chi connectivity index (χ3v) is 4.28. The molecule has 1 heterocycles. The number of nitrogens with one attached hydrogen (secondary N) is 1. The number of carbonyl (C=O) groups excluding carboxylic acids is 1. The van der Waals surface area contributed by atoms with Gasteiger partial charge >= 0.3 is 0 Å². The summed E-state index contributed by atoms with van der Waals surface area (Å²) < 4.78 is 7.41. The molecule has 1 aromatic heterocycles. The lowest BCUT2D eigenvalue weighted by atomic mass is 10.2. The lowest BCUT2D eigenvalue weighted by molar-refractivity contribution is -0.116. The van der Waals surface area contributed by atoms with E-state index in [1.165, 1.54) is 11.7 Å². The third kappa shape index (κ3) is 3.56. The Bertz CT molecular complexity index is 1010. The average molecular weight is 402 g/mol. The van der Waals surface area contributed by atoms with Crippen molar-refractivity contribution in [3.8, 4) is 5.75 Å². The van der Waals surface area contributed by atoms with Crippen LogP contribution in [0, 0.1) is 6.92 Å². The zero-order valence-electron chi connectivity index (χ0n) is 13.7. The van der Waals surface area contributed by atoms with Crippen LogP contribution in [0.1, 0.15) is 5.82 Å². The summed E-state index contributed by atoms with van der Waals surface area (Å²) in [6.07, 6.45) is 0. The Kier molecular flexibility index (Phi) is 4.85. The molecule has 0 radical (unpaired) electrons. The minimum absolute atomic E-state index is 0.127. The number of halogens is 1. The Morgan fingerprint density at radius 3 is 2.80 bits per heavy atom. The number of hydrogen-bond acceptors (Lipinski definition) is 4. The molecule has 3 aromatic rings. The number of aromatic nitrogens is 2. The van der Waals surface area contributed by atoms with E-state index in [2.05, 4.69) is 26.2 Å². The van der Waals surface area contributed by atoms with E-state index in [0.29, 0.717) is 28.2 Å². The van der Waals surface area contributed by atoms with Crippen LogP contribution < -0.4 is 15.6 Å². The molecule has 3 rings (SSSR count). The lowest BCUT2D eigenvalue weighted by Crippen LogP contribution is -2.30. The predicted octanol–water partition coefficient (Wildman–Crippen LogP) is 3.11. The topological polar surface area (TPSA) is 73.2 Å². The fraction of sp³-hybridized carbons (Fsp3) is 0.167. The molecule has 0 unspecified atom stereocenters. The van der Waals surface area contributed by atoms with Gasteiger partial charge < -0.3 is 10.1 Å². The molecule has 2 aromatic carbocycles. The van der Waals surface area contributed by atoms with Crippen molar-refractivity contribution in [3.05, 3.63) is 63.1 Å². The number of para-hydroxylation sites is 1. The van der Waals surface area contributed by atoms with Crippen LogP contribution >= 0.6 is 15.9 Å². The number of hydrogen-bond donors (Lipinski definition) is 1. The molecule has 25 heavy (non-hydrogen) atoms. The number of ether oxygens (including phenoxy) is 1. The van der Waals surface area contributed by atoms with Gasteiger partial charge in [-0.05, 0) is 37.3 Å². The Labute approximate surface area is 152 Å². The van der Waals surface area contributed by atoms with E-state index in [-0.39, 0.29) is 18.0 Å². The Balaban J connectivity index is 1.90. The van der Waals surface area contributed by atoms with E-state index >= 15 is 0 Å². The number of methoxy groups -OCH3 is 1. The smallest absolute Gasteiger partial charge is 0.261 e. The first kappa shape index (κ1) is 17.2. The maximum Gasteiger partial charge on any atom is 0.261 e. The number of carbonyl (C=O) groups is 1. The van der Waals surface area contributed by atoms with Crippen molar-refractivity contribution in [2.45, 2.75) is 13.5 Å². The molecule has 0 aliphatic heterocycles. The summed E-state index contributed by atoms with van der Waals surface area (Å²) in [5.74, 6) is 0.691. The van der Waals surface area contributed by atoms with Crippen molar-refractivity contribution in [2.75, 3.05) is 12.4 Å². The van der Waals surface area contributed by atoms with Gasteiger partial charge in [0.1, 0.15) is 18.1 Å². The number of anilines is 1. The van der Waals surface area contributed by atoms with Crippen LogP contribution in [0.25, 0.3) is 10.9 Å². The quantitative estimate of drug-likeness (QED) is 0.728. The van der Waals surface area contributed by atoms with Gasteiger partial charge in [0.05, 0.1) is 23.7 Å². The highest BCUT2D eigenvalue weighted by atomic mass is 79.9. The van der Waals surface area contributed by atoms with Crippen molar-refractivity contribution in [1.29, 1.82) is 0 Å². The lowest BCUT2D eigenvalue weighted by Gasteiger charge is -2.13. The largest absolute Gasteiger partial charge is 0.495 e. The van der Waals surface area contributed by atoms with Gasteiger partial charge in [-0.2, -0.15) is 0 Å². The SMILES string of the molecule is COc1ccc(Br)cc1NC(=O)Cn1c(C)nc2ccccc2c1=O. The van der Waals surface area contributed by atoms with Crippen LogP contribution in [0.2, 0.25) is 0 Å². The van der Waals surface area contributed by atoms with E-state index in [0.717, 1.165) is 4.47 Å². The van der Waals surface area contributed by atoms with E-state index < -0.39 is 0 Å². The van der Waals surface area contributed by atoms with E-state index in [9.17, 15) is 9.59 Å². The van der Waals surface area contributed by atoms with Crippen molar-refractivity contribution in [1.82, 2.24) is 9.55 Å². The molecule has 0 saturated carbocycles. The van der Waals surface area contributed by atoms with Crippen LogP contribution in [-0.2, 0) is 11.3 Å². The Hall–Kier alpha value is -2.67. The minimum atomic E-state index is -0.335. The number of amides is 1. The molecule has 0 saturated heterocycles. The maximum atomic E-state index is 12.6. The predicted molar refractivity (Wildman–Crippen MR) is 100 cm³/mol. The summed E-state index contributed by atoms with van der Waals surface area (Å²) in [4.78, 5) is 29.5. The van der Waals surface area contributed by atoms with Crippen LogP contribution in [0.5, 0.6) is 5.75 Å². The molecular weight excluding hydrogens is 386 g/mol. The fourth-order valence-electron chi connectivity index (χ4n) is 2.58. The highest BCUT2D eigenvalue weighted by molar-refractivity contribution is 9.10. The van der Waals surface area contributed by atoms with Crippen molar-refractivity contribution in [3.63, 3.8) is 0 Å². The second-order valence-electron chi connectivity index (χ2n) is 5.46. The number of aryl methyl sites for hydroxylation is 1. The molecule has 7 heteroatoms. The number of rotatable bonds is 4. The second kappa shape index (κ2) is 7.06. The second-order valence-corrected chi connectivity index (χ2v) is 6.38. The molecular formula is C18H16BrN3O3. The summed E-state index contributed by atoms with van der Waals surface area (Å²) in [5, 5.41) is 3.26. The standard InChI is InChI=1S/C18H16BrN3O3/c1-11-20-14-6-4-3-5-13(14)18(24)22(11)10-17(23)21-15-9-12(19)7-8-16(15)25-2/h3-9H,10H2,1-2H3,(H,21,23). The number of benzene rings is 2. The average Bonchev–Trinajstić information content (AvgIpc) is 2.59. The first-order valence-corrected chi connectivity index (χ1v) is 8.38. The summed E-state index contributed by atoms with van der Waals surface area (Å²) in [7, 11) is 1.53. The van der Waals surface area contributed by atoms with Crippen molar-refractivity contribution >= 4 is 38.4 Å². The summed E-state index contributed by atoms with van der Waals surface area (Å²) in [6, 6.07) is 12.4. The number of nitrogens with zero attached hydrogens (tertiary/aromatic N) is 2. The maximum absolute atomic E-state index is 12.6. The molecule has 0 aliphatic rings. The normalized spacial score (nSPS) is 10.7. The van der Waals surface area contributed by atoms with Gasteiger partial charge in [0, 0.05) is 4.47 Å². The highest BCUT2D eigenvalue weighted by Gasteiger charge is 2.13. The summed E-state index contributed by atoms with van der Waals surface area (Å²) in [5.41, 5.74) is 0.913. The van der Waals surface area contributed by atoms with Gasteiger partial charge in [0.25, 0.3) is 5.56 Å². The molecule has 0 bridgehead atoms. The summed E-state index contributed by atoms with van der Waals surface area (Å²) in [6.45, 7) is 1.58. The molecule has 0 spiro atoms. The van der Waals surface area contributed by atoms with Gasteiger partial charge in [0.2, 0.25) is 5.91 Å². The van der Waals surface area contributed by atoms with E-state index in [1.807, 2.05) is 12.1 Å². The molecule has 6 nitrogen and oxygen atoms in total. The first-order chi connectivity index (χ1) is 12.0. The Morgan fingerprint density at radius 1 is 1.28 bits per heavy atom. The molecule has 1 amide bonds. The van der Waals surface area contributed by atoms with Crippen LogP contribution in [0.3, 0.4) is 0 Å². The zero-order valence-corrected chi connectivity index (χ0v) is 15.3. The van der Waals surface area contributed by atoms with E-state index in [1.54, 1.807) is 37.3 Å². The molecule has 0 fully saturated rings. The molecule has 128 valence electrons. The van der Waals surface area contributed by atoms with Gasteiger partial charge in [-0.15, -0.1) is 0 Å². The van der Waals surface area contributed by atoms with Gasteiger partial charge in [-0.3, -0.25) is 14.2 Å². The third-order valence-electron chi connectivity index (χ3n) is 3.79. The first-order valence-electron chi connectivity index (χ1n) is 7.59. The molecule has 1 N–H and O–H groups in total. The van der Waals surface area contributed by atoms with Gasteiger partial charge in [-0.25, -0.2) is 4.98 Å². The van der Waals surface area contributed by atoms with Crippen LogP contribution in [-0.4, -0.2) is 22.6 Å². The Morgan fingerprint density at radius 2 is 2.04 bits per heavy atom. The van der Waals surface area contributed by atoms with Crippen LogP contribution in [0.4, 0.5) is 5.69 Å². The minimum Gasteiger partial charge on any atom is -0.495 e. The summed E-state index contributed by atoms with van der Waals surface area (Å²) >= 11 is 3.36. The van der Waals surface area contributed by atoms with Gasteiger partial charge in [-0.1, -0.05) is 28.1 Å². The van der Waals surface area contributed by atoms with Crippen LogP contribution in [0.15, 0.2) is 51.7 Å².